The van der Waals surface area contributed by atoms with Crippen LogP contribution in [0.2, 0.25) is 0 Å². The van der Waals surface area contributed by atoms with E-state index < -0.39 is 0 Å². The summed E-state index contributed by atoms with van der Waals surface area (Å²) >= 11 is 0. The lowest BCUT2D eigenvalue weighted by molar-refractivity contribution is -0.117. The average Bonchev–Trinajstić information content (AvgIpc) is 2.90. The summed E-state index contributed by atoms with van der Waals surface area (Å²) in [7, 11) is 0. The number of hydrogen-bond acceptors (Lipinski definition) is 2. The normalized spacial score (nSPS) is 23.1. The van der Waals surface area contributed by atoms with Gasteiger partial charge in [0, 0.05) is 25.2 Å². The van der Waals surface area contributed by atoms with Gasteiger partial charge in [0.15, 0.2) is 0 Å². The highest BCUT2D eigenvalue weighted by Gasteiger charge is 2.32. The Morgan fingerprint density at radius 3 is 2.39 bits per heavy atom. The first-order chi connectivity index (χ1) is 10.7. The smallest absolute Gasteiger partial charge is 0.227 e. The van der Waals surface area contributed by atoms with Crippen LogP contribution < -0.4 is 4.90 Å². The van der Waals surface area contributed by atoms with Gasteiger partial charge in [-0.2, -0.15) is 0 Å². The van der Waals surface area contributed by atoms with E-state index in [4.69, 9.17) is 0 Å². The van der Waals surface area contributed by atoms with Crippen molar-refractivity contribution in [3.05, 3.63) is 29.8 Å². The molecule has 0 aromatic heterocycles. The molecule has 1 unspecified atom stereocenters. The van der Waals surface area contributed by atoms with Crippen molar-refractivity contribution in [3.8, 4) is 0 Å². The standard InChI is InChI=1S/C19H28N2O.ClH/c1-3-16-4-6-18(7-5-16)21-14-17(12-19(21)22)13-20-10-8-15(2)9-11-20;/h4-7,15,17H,3,8-14H2,1-2H3;1H. The zero-order valence-corrected chi connectivity index (χ0v) is 15.1. The minimum absolute atomic E-state index is 0. The van der Waals surface area contributed by atoms with E-state index in [9.17, 15) is 4.79 Å². The van der Waals surface area contributed by atoms with Gasteiger partial charge in [0.25, 0.3) is 0 Å². The van der Waals surface area contributed by atoms with E-state index in [-0.39, 0.29) is 12.4 Å². The van der Waals surface area contributed by atoms with Gasteiger partial charge in [-0.1, -0.05) is 26.0 Å². The van der Waals surface area contributed by atoms with Gasteiger partial charge < -0.3 is 9.80 Å². The zero-order chi connectivity index (χ0) is 15.5. The fraction of sp³-hybridized carbons (Fsp3) is 0.632. The molecule has 1 amide bonds. The highest BCUT2D eigenvalue weighted by molar-refractivity contribution is 5.95. The van der Waals surface area contributed by atoms with Crippen LogP contribution in [0.5, 0.6) is 0 Å². The van der Waals surface area contributed by atoms with Gasteiger partial charge in [0.05, 0.1) is 0 Å². The molecular weight excluding hydrogens is 308 g/mol. The number of halogens is 1. The molecule has 2 fully saturated rings. The molecule has 128 valence electrons. The molecule has 0 N–H and O–H groups in total. The maximum atomic E-state index is 12.3. The minimum Gasteiger partial charge on any atom is -0.312 e. The Labute approximate surface area is 146 Å². The van der Waals surface area contributed by atoms with Crippen molar-refractivity contribution in [1.29, 1.82) is 0 Å². The number of anilines is 1. The van der Waals surface area contributed by atoms with Crippen molar-refractivity contribution >= 4 is 24.0 Å². The molecule has 0 radical (unpaired) electrons. The molecular formula is C19H29ClN2O. The number of aryl methyl sites for hydroxylation is 1. The third kappa shape index (κ3) is 4.48. The summed E-state index contributed by atoms with van der Waals surface area (Å²) in [5, 5.41) is 0. The lowest BCUT2D eigenvalue weighted by Gasteiger charge is -2.31. The fourth-order valence-corrected chi connectivity index (χ4v) is 3.67. The number of hydrogen-bond donors (Lipinski definition) is 0. The van der Waals surface area contributed by atoms with Crippen LogP contribution in [0, 0.1) is 11.8 Å². The summed E-state index contributed by atoms with van der Waals surface area (Å²) in [5.41, 5.74) is 2.39. The molecule has 2 aliphatic rings. The summed E-state index contributed by atoms with van der Waals surface area (Å²) in [6, 6.07) is 8.48. The molecule has 1 atom stereocenters. The molecule has 3 rings (SSSR count). The van der Waals surface area contributed by atoms with Crippen molar-refractivity contribution in [2.24, 2.45) is 11.8 Å². The molecule has 2 heterocycles. The first-order valence-electron chi connectivity index (χ1n) is 8.77. The van der Waals surface area contributed by atoms with Crippen LogP contribution in [-0.4, -0.2) is 37.0 Å². The summed E-state index contributed by atoms with van der Waals surface area (Å²) in [6.45, 7) is 8.89. The molecule has 23 heavy (non-hydrogen) atoms. The average molecular weight is 337 g/mol. The van der Waals surface area contributed by atoms with Crippen LogP contribution in [0.4, 0.5) is 5.69 Å². The number of nitrogens with zero attached hydrogens (tertiary/aromatic N) is 2. The van der Waals surface area contributed by atoms with E-state index in [2.05, 4.69) is 43.0 Å². The van der Waals surface area contributed by atoms with Gasteiger partial charge in [-0.25, -0.2) is 0 Å². The van der Waals surface area contributed by atoms with Crippen LogP contribution in [0.3, 0.4) is 0 Å². The first-order valence-corrected chi connectivity index (χ1v) is 8.77. The Kier molecular flexibility index (Phi) is 6.49. The third-order valence-corrected chi connectivity index (χ3v) is 5.25. The van der Waals surface area contributed by atoms with Crippen molar-refractivity contribution in [3.63, 3.8) is 0 Å². The molecule has 0 aliphatic carbocycles. The number of benzene rings is 1. The Morgan fingerprint density at radius 2 is 1.78 bits per heavy atom. The minimum atomic E-state index is 0. The van der Waals surface area contributed by atoms with E-state index in [1.54, 1.807) is 0 Å². The summed E-state index contributed by atoms with van der Waals surface area (Å²) in [4.78, 5) is 16.9. The maximum Gasteiger partial charge on any atom is 0.227 e. The maximum absolute atomic E-state index is 12.3. The quantitative estimate of drug-likeness (QED) is 0.836. The number of amides is 1. The van der Waals surface area contributed by atoms with Crippen molar-refractivity contribution < 1.29 is 4.79 Å². The van der Waals surface area contributed by atoms with E-state index in [1.165, 1.54) is 31.5 Å². The lowest BCUT2D eigenvalue weighted by atomic mass is 9.98. The molecule has 2 saturated heterocycles. The fourth-order valence-electron chi connectivity index (χ4n) is 3.67. The summed E-state index contributed by atoms with van der Waals surface area (Å²) in [6.07, 6.45) is 4.37. The van der Waals surface area contributed by atoms with E-state index in [0.717, 1.165) is 31.1 Å². The Bertz CT molecular complexity index is 509. The number of piperidine rings is 1. The number of likely N-dealkylation sites (tertiary alicyclic amines) is 1. The first kappa shape index (κ1) is 18.3. The molecule has 3 nitrogen and oxygen atoms in total. The number of carbonyl (C=O) groups excluding carboxylic acids is 1. The van der Waals surface area contributed by atoms with Crippen molar-refractivity contribution in [2.45, 2.75) is 39.5 Å². The van der Waals surface area contributed by atoms with E-state index in [0.29, 0.717) is 18.2 Å². The second kappa shape index (κ2) is 8.16. The Balaban J connectivity index is 0.00000192. The van der Waals surface area contributed by atoms with Crippen LogP contribution >= 0.6 is 12.4 Å². The second-order valence-electron chi connectivity index (χ2n) is 7.08. The Hall–Kier alpha value is -1.06. The SMILES string of the molecule is CCc1ccc(N2CC(CN3CCC(C)CC3)CC2=O)cc1.Cl. The van der Waals surface area contributed by atoms with Gasteiger partial charge >= 0.3 is 0 Å². The van der Waals surface area contributed by atoms with Gasteiger partial charge in [-0.15, -0.1) is 12.4 Å². The zero-order valence-electron chi connectivity index (χ0n) is 14.3. The van der Waals surface area contributed by atoms with E-state index >= 15 is 0 Å². The van der Waals surface area contributed by atoms with Gasteiger partial charge in [0.2, 0.25) is 5.91 Å². The van der Waals surface area contributed by atoms with E-state index in [1.807, 2.05) is 4.90 Å². The monoisotopic (exact) mass is 336 g/mol. The molecule has 1 aromatic rings. The van der Waals surface area contributed by atoms with Crippen molar-refractivity contribution in [2.75, 3.05) is 31.1 Å². The highest BCUT2D eigenvalue weighted by atomic mass is 35.5. The Morgan fingerprint density at radius 1 is 1.13 bits per heavy atom. The molecule has 2 aliphatic heterocycles. The molecule has 0 bridgehead atoms. The predicted molar refractivity (Wildman–Crippen MR) is 98.4 cm³/mol. The lowest BCUT2D eigenvalue weighted by Crippen LogP contribution is -2.37. The second-order valence-corrected chi connectivity index (χ2v) is 7.08. The van der Waals surface area contributed by atoms with Crippen molar-refractivity contribution in [1.82, 2.24) is 4.90 Å². The van der Waals surface area contributed by atoms with Gasteiger partial charge in [-0.3, -0.25) is 4.79 Å². The molecule has 4 heteroatoms. The summed E-state index contributed by atoms with van der Waals surface area (Å²) < 4.78 is 0. The number of carbonyl (C=O) groups is 1. The van der Waals surface area contributed by atoms with Crippen LogP contribution in [0.15, 0.2) is 24.3 Å². The van der Waals surface area contributed by atoms with Gasteiger partial charge in [0.1, 0.15) is 0 Å². The highest BCUT2D eigenvalue weighted by Crippen LogP contribution is 2.27. The van der Waals surface area contributed by atoms with Gasteiger partial charge in [-0.05, 0) is 61.9 Å². The predicted octanol–water partition coefficient (Wildman–Crippen LogP) is 3.76. The largest absolute Gasteiger partial charge is 0.312 e. The number of rotatable bonds is 4. The van der Waals surface area contributed by atoms with Crippen LogP contribution in [0.25, 0.3) is 0 Å². The third-order valence-electron chi connectivity index (χ3n) is 5.25. The van der Waals surface area contributed by atoms with Crippen LogP contribution in [0.1, 0.15) is 38.7 Å². The summed E-state index contributed by atoms with van der Waals surface area (Å²) in [5.74, 6) is 1.65. The topological polar surface area (TPSA) is 23.6 Å². The molecule has 1 aromatic carbocycles. The molecule has 0 spiro atoms. The molecule has 0 saturated carbocycles. The van der Waals surface area contributed by atoms with Crippen LogP contribution in [-0.2, 0) is 11.2 Å².